The van der Waals surface area contributed by atoms with Crippen molar-refractivity contribution >= 4 is 17.8 Å². The van der Waals surface area contributed by atoms with Gasteiger partial charge >= 0.3 is 5.97 Å². The third kappa shape index (κ3) is 1.95. The fourth-order valence-corrected chi connectivity index (χ4v) is 3.21. The van der Waals surface area contributed by atoms with Gasteiger partial charge in [0.1, 0.15) is 0 Å². The number of carbonyl (C=O) groups excluding carboxylic acids is 3. The Hall–Kier alpha value is -2.17. The number of nitrogens with zero attached hydrogens (tertiary/aromatic N) is 1. The summed E-state index contributed by atoms with van der Waals surface area (Å²) < 4.78 is 4.63. The molecule has 110 valence electrons. The molecule has 5 nitrogen and oxygen atoms in total. The van der Waals surface area contributed by atoms with Gasteiger partial charge in [-0.2, -0.15) is 0 Å². The Morgan fingerprint density at radius 3 is 2.14 bits per heavy atom. The van der Waals surface area contributed by atoms with Gasteiger partial charge in [0.15, 0.2) is 0 Å². The Balaban J connectivity index is 1.72. The van der Waals surface area contributed by atoms with Crippen molar-refractivity contribution in [2.24, 2.45) is 17.3 Å². The Morgan fingerprint density at radius 1 is 1.14 bits per heavy atom. The van der Waals surface area contributed by atoms with Crippen molar-refractivity contribution in [1.82, 2.24) is 4.90 Å². The van der Waals surface area contributed by atoms with E-state index in [1.165, 1.54) is 12.0 Å². The molecule has 0 radical (unpaired) electrons. The normalized spacial score (nSPS) is 25.8. The maximum absolute atomic E-state index is 12.2. The molecule has 0 aromatic heterocycles. The van der Waals surface area contributed by atoms with E-state index in [1.807, 2.05) is 13.8 Å². The fraction of sp³-hybridized carbons (Fsp3) is 0.438. The monoisotopic (exact) mass is 287 g/mol. The molecule has 2 atom stereocenters. The number of hydrogen-bond donors (Lipinski definition) is 0. The van der Waals surface area contributed by atoms with E-state index in [0.717, 1.165) is 5.56 Å². The number of amides is 2. The van der Waals surface area contributed by atoms with Crippen LogP contribution in [0.5, 0.6) is 0 Å². The summed E-state index contributed by atoms with van der Waals surface area (Å²) in [5, 5.41) is 0. The van der Waals surface area contributed by atoms with E-state index in [9.17, 15) is 14.4 Å². The van der Waals surface area contributed by atoms with Crippen molar-refractivity contribution in [3.8, 4) is 0 Å². The molecule has 1 saturated carbocycles. The fourth-order valence-electron chi connectivity index (χ4n) is 3.21. The highest BCUT2D eigenvalue weighted by Crippen LogP contribution is 2.63. The van der Waals surface area contributed by atoms with E-state index in [1.54, 1.807) is 24.3 Å². The van der Waals surface area contributed by atoms with E-state index < -0.39 is 5.97 Å². The minimum atomic E-state index is -0.405. The van der Waals surface area contributed by atoms with Gasteiger partial charge in [-0.05, 0) is 23.1 Å². The Bertz CT molecular complexity index is 608. The van der Waals surface area contributed by atoms with Crippen LogP contribution in [0.4, 0.5) is 0 Å². The molecule has 0 bridgehead atoms. The van der Waals surface area contributed by atoms with E-state index in [4.69, 9.17) is 0 Å². The van der Waals surface area contributed by atoms with Gasteiger partial charge in [-0.3, -0.25) is 14.5 Å². The minimum absolute atomic E-state index is 0.0768. The van der Waals surface area contributed by atoms with Crippen LogP contribution in [0.3, 0.4) is 0 Å². The van der Waals surface area contributed by atoms with Crippen LogP contribution in [0.25, 0.3) is 0 Å². The molecule has 0 spiro atoms. The zero-order valence-electron chi connectivity index (χ0n) is 12.3. The number of rotatable bonds is 3. The van der Waals surface area contributed by atoms with Crippen LogP contribution < -0.4 is 0 Å². The van der Waals surface area contributed by atoms with Gasteiger partial charge < -0.3 is 4.74 Å². The minimum Gasteiger partial charge on any atom is -0.465 e. The zero-order chi connectivity index (χ0) is 15.4. The van der Waals surface area contributed by atoms with Gasteiger partial charge in [0.25, 0.3) is 0 Å². The van der Waals surface area contributed by atoms with Gasteiger partial charge in [0, 0.05) is 0 Å². The van der Waals surface area contributed by atoms with Crippen molar-refractivity contribution in [1.29, 1.82) is 0 Å². The van der Waals surface area contributed by atoms with Crippen molar-refractivity contribution < 1.29 is 19.1 Å². The summed E-state index contributed by atoms with van der Waals surface area (Å²) in [5.41, 5.74) is 1.09. The Labute approximate surface area is 122 Å². The smallest absolute Gasteiger partial charge is 0.337 e. The number of imide groups is 1. The summed E-state index contributed by atoms with van der Waals surface area (Å²) >= 11 is 0. The summed E-state index contributed by atoms with van der Waals surface area (Å²) in [4.78, 5) is 37.1. The lowest BCUT2D eigenvalue weighted by Gasteiger charge is -2.20. The number of fused-ring (bicyclic) bond motifs is 1. The lowest BCUT2D eigenvalue weighted by atomic mass is 10.0. The highest BCUT2D eigenvalue weighted by Gasteiger charge is 2.72. The SMILES string of the molecule is COC(=O)c1ccc(CN2C(=O)C3C(C2=O)C3(C)C)cc1. The first-order chi connectivity index (χ1) is 9.87. The molecule has 3 rings (SSSR count). The molecule has 1 heterocycles. The Kier molecular flexibility index (Phi) is 2.90. The van der Waals surface area contributed by atoms with E-state index in [-0.39, 0.29) is 35.6 Å². The van der Waals surface area contributed by atoms with Crippen LogP contribution in [0.1, 0.15) is 29.8 Å². The molecule has 1 aromatic rings. The van der Waals surface area contributed by atoms with Crippen molar-refractivity contribution in [2.75, 3.05) is 7.11 Å². The second kappa shape index (κ2) is 4.41. The van der Waals surface area contributed by atoms with Crippen molar-refractivity contribution in [3.63, 3.8) is 0 Å². The van der Waals surface area contributed by atoms with Gasteiger partial charge in [0.05, 0.1) is 31.1 Å². The van der Waals surface area contributed by atoms with E-state index in [2.05, 4.69) is 4.74 Å². The van der Waals surface area contributed by atoms with Gasteiger partial charge in [0.2, 0.25) is 11.8 Å². The summed E-state index contributed by atoms with van der Waals surface area (Å²) in [5.74, 6) is -0.865. The second-order valence-electron chi connectivity index (χ2n) is 6.23. The maximum atomic E-state index is 12.2. The van der Waals surface area contributed by atoms with Crippen LogP contribution in [0.2, 0.25) is 0 Å². The summed E-state index contributed by atoms with van der Waals surface area (Å²) in [6.07, 6.45) is 0. The molecule has 21 heavy (non-hydrogen) atoms. The average molecular weight is 287 g/mol. The van der Waals surface area contributed by atoms with Gasteiger partial charge in [-0.25, -0.2) is 4.79 Å². The predicted molar refractivity (Wildman–Crippen MR) is 74.1 cm³/mol. The first-order valence-electron chi connectivity index (χ1n) is 6.90. The maximum Gasteiger partial charge on any atom is 0.337 e. The first kappa shape index (κ1) is 13.8. The summed E-state index contributed by atoms with van der Waals surface area (Å²) in [6, 6.07) is 6.75. The molecule has 2 unspecified atom stereocenters. The molecule has 1 aromatic carbocycles. The Morgan fingerprint density at radius 2 is 1.67 bits per heavy atom. The molecule has 0 N–H and O–H groups in total. The topological polar surface area (TPSA) is 63.7 Å². The largest absolute Gasteiger partial charge is 0.465 e. The number of piperidine rings is 1. The highest BCUT2D eigenvalue weighted by atomic mass is 16.5. The van der Waals surface area contributed by atoms with E-state index >= 15 is 0 Å². The van der Waals surface area contributed by atoms with Gasteiger partial charge in [-0.15, -0.1) is 0 Å². The van der Waals surface area contributed by atoms with Crippen LogP contribution in [-0.2, 0) is 20.9 Å². The molecule has 2 aliphatic rings. The third-order valence-electron chi connectivity index (χ3n) is 4.61. The molecule has 2 fully saturated rings. The molecular weight excluding hydrogens is 270 g/mol. The van der Waals surface area contributed by atoms with Crippen LogP contribution >= 0.6 is 0 Å². The van der Waals surface area contributed by atoms with Crippen LogP contribution in [0, 0.1) is 17.3 Å². The average Bonchev–Trinajstić information content (AvgIpc) is 2.95. The molecule has 5 heteroatoms. The summed E-state index contributed by atoms with van der Waals surface area (Å²) in [7, 11) is 1.33. The second-order valence-corrected chi connectivity index (χ2v) is 6.23. The number of methoxy groups -OCH3 is 1. The number of likely N-dealkylation sites (tertiary alicyclic amines) is 1. The standard InChI is InChI=1S/C16H17NO4/c1-16(2)11-12(16)14(19)17(13(11)18)8-9-4-6-10(7-5-9)15(20)21-3/h4-7,11-12H,8H2,1-3H3. The number of esters is 1. The first-order valence-corrected chi connectivity index (χ1v) is 6.90. The number of ether oxygens (including phenoxy) is 1. The zero-order valence-corrected chi connectivity index (χ0v) is 12.3. The molecular formula is C16H17NO4. The number of carbonyl (C=O) groups is 3. The van der Waals surface area contributed by atoms with Crippen LogP contribution in [-0.4, -0.2) is 29.8 Å². The van der Waals surface area contributed by atoms with Crippen LogP contribution in [0.15, 0.2) is 24.3 Å². The van der Waals surface area contributed by atoms with Crippen molar-refractivity contribution in [3.05, 3.63) is 35.4 Å². The number of hydrogen-bond acceptors (Lipinski definition) is 4. The lowest BCUT2D eigenvalue weighted by molar-refractivity contribution is -0.143. The molecule has 1 aliphatic carbocycles. The lowest BCUT2D eigenvalue weighted by Crippen LogP contribution is -2.35. The molecule has 2 amide bonds. The third-order valence-corrected chi connectivity index (χ3v) is 4.61. The van der Waals surface area contributed by atoms with Crippen molar-refractivity contribution in [2.45, 2.75) is 20.4 Å². The highest BCUT2D eigenvalue weighted by molar-refractivity contribution is 6.10. The summed E-state index contributed by atoms with van der Waals surface area (Å²) in [6.45, 7) is 4.18. The van der Waals surface area contributed by atoms with Gasteiger partial charge in [-0.1, -0.05) is 26.0 Å². The molecule has 1 aliphatic heterocycles. The van der Waals surface area contributed by atoms with E-state index in [0.29, 0.717) is 5.56 Å². The number of benzene rings is 1. The quantitative estimate of drug-likeness (QED) is 0.626. The predicted octanol–water partition coefficient (Wildman–Crippen LogP) is 1.61. The molecule has 1 saturated heterocycles.